The summed E-state index contributed by atoms with van der Waals surface area (Å²) in [7, 11) is 1.58. The van der Waals surface area contributed by atoms with Crippen molar-refractivity contribution in [2.75, 3.05) is 7.11 Å². The van der Waals surface area contributed by atoms with Crippen LogP contribution in [0.1, 0.15) is 16.7 Å². The van der Waals surface area contributed by atoms with Crippen molar-refractivity contribution in [1.29, 1.82) is 0 Å². The van der Waals surface area contributed by atoms with Crippen LogP contribution >= 0.6 is 34.4 Å². The zero-order chi connectivity index (χ0) is 27.5. The van der Waals surface area contributed by atoms with Crippen molar-refractivity contribution in [1.82, 2.24) is 5.32 Å². The normalized spacial score (nSPS) is 15.1. The first-order valence-corrected chi connectivity index (χ1v) is 13.7. The number of aryl methyl sites for hydroxylation is 1. The molecule has 1 amide bonds. The van der Waals surface area contributed by atoms with Gasteiger partial charge in [0.25, 0.3) is 11.6 Å². The molecule has 1 heterocycles. The maximum Gasteiger partial charge on any atom is 0.269 e. The van der Waals surface area contributed by atoms with Crippen molar-refractivity contribution in [3.63, 3.8) is 0 Å². The van der Waals surface area contributed by atoms with Crippen molar-refractivity contribution in [2.24, 2.45) is 4.99 Å². The number of methoxy groups -OCH3 is 1. The number of nitrogens with one attached hydrogen (secondary N) is 1. The summed E-state index contributed by atoms with van der Waals surface area (Å²) >= 11 is 3.41. The van der Waals surface area contributed by atoms with Crippen LogP contribution in [0.5, 0.6) is 11.5 Å². The van der Waals surface area contributed by atoms with E-state index in [1.165, 1.54) is 23.9 Å². The van der Waals surface area contributed by atoms with E-state index in [2.05, 4.69) is 51.1 Å². The molecule has 0 radical (unpaired) electrons. The Bertz CT molecular complexity index is 1680. The molecule has 4 aromatic rings. The van der Waals surface area contributed by atoms with Gasteiger partial charge in [0.15, 0.2) is 16.7 Å². The maximum absolute atomic E-state index is 12.7. The number of nitro groups is 1. The van der Waals surface area contributed by atoms with Gasteiger partial charge in [0, 0.05) is 12.1 Å². The number of hydrogen-bond acceptors (Lipinski definition) is 7. The zero-order valence-corrected chi connectivity index (χ0v) is 23.9. The zero-order valence-electron chi connectivity index (χ0n) is 20.9. The minimum absolute atomic E-state index is 0.00626. The van der Waals surface area contributed by atoms with Crippen molar-refractivity contribution in [3.8, 4) is 11.5 Å². The van der Waals surface area contributed by atoms with E-state index >= 15 is 0 Å². The summed E-state index contributed by atoms with van der Waals surface area (Å²) in [6.45, 7) is 2.12. The Morgan fingerprint density at radius 2 is 1.90 bits per heavy atom. The third kappa shape index (κ3) is 5.91. The van der Waals surface area contributed by atoms with Crippen LogP contribution in [0.15, 0.2) is 82.7 Å². The van der Waals surface area contributed by atoms with Gasteiger partial charge in [-0.3, -0.25) is 14.9 Å². The Kier molecular flexibility index (Phi) is 7.84. The minimum Gasteiger partial charge on any atom is -0.493 e. The van der Waals surface area contributed by atoms with Gasteiger partial charge in [-0.15, -0.1) is 0 Å². The van der Waals surface area contributed by atoms with Gasteiger partial charge < -0.3 is 14.8 Å². The second-order valence-electron chi connectivity index (χ2n) is 8.67. The van der Waals surface area contributed by atoms with Crippen LogP contribution in [-0.2, 0) is 11.4 Å². The third-order valence-corrected chi connectivity index (χ3v) is 7.78. The number of carbonyl (C=O) groups is 1. The van der Waals surface area contributed by atoms with E-state index < -0.39 is 4.92 Å². The van der Waals surface area contributed by atoms with Crippen LogP contribution in [-0.4, -0.2) is 23.1 Å². The summed E-state index contributed by atoms with van der Waals surface area (Å²) in [4.78, 5) is 28.1. The molecule has 0 unspecified atom stereocenters. The highest BCUT2D eigenvalue weighted by Crippen LogP contribution is 2.37. The third-order valence-electron chi connectivity index (χ3n) is 6.07. The van der Waals surface area contributed by atoms with Crippen molar-refractivity contribution in [3.05, 3.63) is 108 Å². The van der Waals surface area contributed by atoms with Gasteiger partial charge in [-0.1, -0.05) is 42.5 Å². The smallest absolute Gasteiger partial charge is 0.269 e. The number of hydrogen-bond donors (Lipinski definition) is 1. The molecule has 0 saturated carbocycles. The molecule has 0 spiro atoms. The molecule has 0 bridgehead atoms. The number of ether oxygens (including phenoxy) is 2. The molecule has 196 valence electrons. The summed E-state index contributed by atoms with van der Waals surface area (Å²) in [5.74, 6) is 0.920. The highest BCUT2D eigenvalue weighted by atomic mass is 127. The van der Waals surface area contributed by atoms with Crippen LogP contribution in [0.4, 0.5) is 11.4 Å². The Labute approximate surface area is 242 Å². The number of benzene rings is 4. The monoisotopic (exact) mass is 651 g/mol. The number of nitro benzene ring substituents is 1. The van der Waals surface area contributed by atoms with E-state index in [1.54, 1.807) is 26.2 Å². The quantitative estimate of drug-likeness (QED) is 0.0987. The Hall–Kier alpha value is -3.90. The highest BCUT2D eigenvalue weighted by Gasteiger charge is 2.25. The molecule has 39 heavy (non-hydrogen) atoms. The molecule has 4 aromatic carbocycles. The Balaban J connectivity index is 1.36. The number of aliphatic imine (C=N–C) groups is 1. The maximum atomic E-state index is 12.7. The number of nitrogens with zero attached hydrogens (tertiary/aromatic N) is 2. The summed E-state index contributed by atoms with van der Waals surface area (Å²) in [5, 5.41) is 16.4. The average Bonchev–Trinajstić information content (AvgIpc) is 3.26. The van der Waals surface area contributed by atoms with Gasteiger partial charge in [-0.25, -0.2) is 4.99 Å². The first-order valence-electron chi connectivity index (χ1n) is 11.8. The number of halogens is 1. The number of thioether (sulfide) groups is 1. The van der Waals surface area contributed by atoms with Crippen LogP contribution < -0.4 is 14.8 Å². The van der Waals surface area contributed by atoms with Gasteiger partial charge in [0.05, 0.1) is 26.2 Å². The van der Waals surface area contributed by atoms with Gasteiger partial charge in [-0.2, -0.15) is 0 Å². The van der Waals surface area contributed by atoms with Crippen molar-refractivity contribution in [2.45, 2.75) is 13.5 Å². The lowest BCUT2D eigenvalue weighted by molar-refractivity contribution is -0.384. The fourth-order valence-corrected chi connectivity index (χ4v) is 5.77. The van der Waals surface area contributed by atoms with Gasteiger partial charge in [0.2, 0.25) is 0 Å². The number of amidine groups is 1. The molecule has 0 aliphatic carbocycles. The number of non-ortho nitro benzene ring substituents is 1. The van der Waals surface area contributed by atoms with Gasteiger partial charge in [-0.05, 0) is 93.0 Å². The fourth-order valence-electron chi connectivity index (χ4n) is 4.15. The predicted octanol–water partition coefficient (Wildman–Crippen LogP) is 7.14. The van der Waals surface area contributed by atoms with E-state index in [-0.39, 0.29) is 11.6 Å². The minimum atomic E-state index is -0.452. The van der Waals surface area contributed by atoms with Gasteiger partial charge >= 0.3 is 0 Å². The van der Waals surface area contributed by atoms with E-state index in [0.29, 0.717) is 39.4 Å². The number of carbonyl (C=O) groups excluding carboxylic acids is 1. The molecule has 1 N–H and O–H groups in total. The van der Waals surface area contributed by atoms with Crippen LogP contribution in [0.3, 0.4) is 0 Å². The second kappa shape index (κ2) is 11.5. The number of amides is 1. The fraction of sp³-hybridized carbons (Fsp3) is 0.103. The first kappa shape index (κ1) is 26.7. The molecule has 10 heteroatoms. The summed E-state index contributed by atoms with van der Waals surface area (Å²) in [6.07, 6.45) is 1.77. The van der Waals surface area contributed by atoms with E-state index in [9.17, 15) is 14.9 Å². The van der Waals surface area contributed by atoms with Crippen molar-refractivity contribution < 1.29 is 19.2 Å². The van der Waals surface area contributed by atoms with Crippen LogP contribution in [0.2, 0.25) is 0 Å². The predicted molar refractivity (Wildman–Crippen MR) is 163 cm³/mol. The summed E-state index contributed by atoms with van der Waals surface area (Å²) in [5.41, 5.74) is 3.04. The van der Waals surface area contributed by atoms with E-state index in [0.717, 1.165) is 25.5 Å². The molecular weight excluding hydrogens is 629 g/mol. The van der Waals surface area contributed by atoms with E-state index in [1.807, 2.05) is 36.4 Å². The SMILES string of the molecule is COc1cc(/C=C2/SC(=Nc3ccc([N+](=O)[O-])cc3C)NC2=O)cc(I)c1OCc1cccc2ccccc12. The Morgan fingerprint density at radius 3 is 2.67 bits per heavy atom. The average molecular weight is 651 g/mol. The Morgan fingerprint density at radius 1 is 1.10 bits per heavy atom. The first-order chi connectivity index (χ1) is 18.8. The number of fused-ring (bicyclic) bond motifs is 1. The molecule has 1 aliphatic rings. The number of rotatable bonds is 7. The molecule has 8 nitrogen and oxygen atoms in total. The lowest BCUT2D eigenvalue weighted by Gasteiger charge is -2.15. The van der Waals surface area contributed by atoms with Crippen LogP contribution in [0, 0.1) is 20.6 Å². The topological polar surface area (TPSA) is 103 Å². The lowest BCUT2D eigenvalue weighted by Crippen LogP contribution is -2.19. The largest absolute Gasteiger partial charge is 0.493 e. The lowest BCUT2D eigenvalue weighted by atomic mass is 10.1. The molecule has 0 atom stereocenters. The van der Waals surface area contributed by atoms with E-state index in [4.69, 9.17) is 9.47 Å². The second-order valence-corrected chi connectivity index (χ2v) is 10.9. The van der Waals surface area contributed by atoms with Gasteiger partial charge in [0.1, 0.15) is 6.61 Å². The molecule has 0 aromatic heterocycles. The van der Waals surface area contributed by atoms with Crippen molar-refractivity contribution >= 4 is 73.7 Å². The molecule has 1 saturated heterocycles. The molecule has 1 aliphatic heterocycles. The summed E-state index contributed by atoms with van der Waals surface area (Å²) < 4.78 is 12.7. The standard InChI is InChI=1S/C29H22IN3O5S/c1-17-12-21(33(35)36)10-11-24(17)31-29-32-28(34)26(39-29)15-18-13-23(30)27(25(14-18)37-2)38-16-20-8-5-7-19-6-3-4-9-22(19)20/h3-15H,16H2,1-2H3,(H,31,32,34)/b26-15+. The molecular formula is C29H22IN3O5S. The molecule has 5 rings (SSSR count). The summed E-state index contributed by atoms with van der Waals surface area (Å²) in [6, 6.07) is 22.5. The molecule has 1 fully saturated rings. The highest BCUT2D eigenvalue weighted by molar-refractivity contribution is 14.1. The van der Waals surface area contributed by atoms with Crippen LogP contribution in [0.25, 0.3) is 16.8 Å².